The standard InChI is InChI=1S/C18H16N4O5S/c23-18-12-15(14-6-2-1-3-7-14)19-13-21(18)11-10-20-28(26,27)17-9-5-4-8-16(17)22(24)25/h1-9,12-13,20H,10-11H2. The number of hydrogen-bond acceptors (Lipinski definition) is 6. The second-order valence-corrected chi connectivity index (χ2v) is 7.53. The molecule has 0 radical (unpaired) electrons. The molecule has 0 atom stereocenters. The van der Waals surface area contributed by atoms with Gasteiger partial charge in [0.25, 0.3) is 11.2 Å². The van der Waals surface area contributed by atoms with Crippen LogP contribution in [0.4, 0.5) is 5.69 Å². The molecule has 0 saturated carbocycles. The molecule has 1 heterocycles. The maximum absolute atomic E-state index is 12.4. The lowest BCUT2D eigenvalue weighted by molar-refractivity contribution is -0.387. The van der Waals surface area contributed by atoms with E-state index in [4.69, 9.17) is 0 Å². The van der Waals surface area contributed by atoms with Crippen molar-refractivity contribution < 1.29 is 13.3 Å². The molecule has 9 nitrogen and oxygen atoms in total. The molecule has 3 aromatic rings. The van der Waals surface area contributed by atoms with Gasteiger partial charge in [-0.2, -0.15) is 0 Å². The van der Waals surface area contributed by atoms with Crippen LogP contribution in [0.1, 0.15) is 0 Å². The molecule has 144 valence electrons. The van der Waals surface area contributed by atoms with E-state index in [-0.39, 0.29) is 18.6 Å². The van der Waals surface area contributed by atoms with Crippen molar-refractivity contribution in [1.29, 1.82) is 0 Å². The zero-order chi connectivity index (χ0) is 20.1. The number of para-hydroxylation sites is 1. The van der Waals surface area contributed by atoms with E-state index in [1.807, 2.05) is 30.3 Å². The Hall–Kier alpha value is -3.37. The Morgan fingerprint density at radius 3 is 2.43 bits per heavy atom. The van der Waals surface area contributed by atoms with Crippen LogP contribution in [-0.4, -0.2) is 29.4 Å². The van der Waals surface area contributed by atoms with E-state index in [1.54, 1.807) is 0 Å². The molecule has 2 aromatic carbocycles. The van der Waals surface area contributed by atoms with Gasteiger partial charge in [0.2, 0.25) is 10.0 Å². The highest BCUT2D eigenvalue weighted by Gasteiger charge is 2.24. The first-order valence-electron chi connectivity index (χ1n) is 8.23. The molecule has 0 unspecified atom stereocenters. The lowest BCUT2D eigenvalue weighted by Crippen LogP contribution is -2.31. The number of aromatic nitrogens is 2. The van der Waals surface area contributed by atoms with Gasteiger partial charge in [-0.05, 0) is 6.07 Å². The number of nitrogens with zero attached hydrogens (tertiary/aromatic N) is 3. The predicted octanol–water partition coefficient (Wildman–Crippen LogP) is 1.80. The van der Waals surface area contributed by atoms with Gasteiger partial charge in [-0.15, -0.1) is 0 Å². The molecule has 1 N–H and O–H groups in total. The van der Waals surface area contributed by atoms with Gasteiger partial charge < -0.3 is 0 Å². The van der Waals surface area contributed by atoms with Crippen LogP contribution in [0.2, 0.25) is 0 Å². The molecule has 28 heavy (non-hydrogen) atoms. The summed E-state index contributed by atoms with van der Waals surface area (Å²) in [5, 5.41) is 11.0. The lowest BCUT2D eigenvalue weighted by atomic mass is 10.1. The van der Waals surface area contributed by atoms with Crippen molar-refractivity contribution >= 4 is 15.7 Å². The fourth-order valence-corrected chi connectivity index (χ4v) is 3.77. The molecule has 0 amide bonds. The average molecular weight is 400 g/mol. The molecule has 0 aliphatic heterocycles. The van der Waals surface area contributed by atoms with Gasteiger partial charge in [0.05, 0.1) is 16.9 Å². The molecule has 0 bridgehead atoms. The van der Waals surface area contributed by atoms with Gasteiger partial charge in [-0.1, -0.05) is 42.5 Å². The summed E-state index contributed by atoms with van der Waals surface area (Å²) < 4.78 is 28.2. The normalized spacial score (nSPS) is 11.3. The summed E-state index contributed by atoms with van der Waals surface area (Å²) >= 11 is 0. The van der Waals surface area contributed by atoms with Gasteiger partial charge in [0.15, 0.2) is 4.90 Å². The minimum absolute atomic E-state index is 0.0285. The fourth-order valence-electron chi connectivity index (χ4n) is 2.57. The Morgan fingerprint density at radius 1 is 1.07 bits per heavy atom. The SMILES string of the molecule is O=c1cc(-c2ccccc2)ncn1CCNS(=O)(=O)c1ccccc1[N+](=O)[O-]. The van der Waals surface area contributed by atoms with Crippen LogP contribution in [0, 0.1) is 10.1 Å². The van der Waals surface area contributed by atoms with Crippen LogP contribution >= 0.6 is 0 Å². The van der Waals surface area contributed by atoms with Crippen molar-refractivity contribution in [1.82, 2.24) is 14.3 Å². The predicted molar refractivity (Wildman–Crippen MR) is 102 cm³/mol. The minimum atomic E-state index is -4.10. The molecule has 0 saturated heterocycles. The first-order chi connectivity index (χ1) is 13.4. The van der Waals surface area contributed by atoms with Crippen molar-refractivity contribution in [2.45, 2.75) is 11.4 Å². The molecular formula is C18H16N4O5S. The van der Waals surface area contributed by atoms with E-state index >= 15 is 0 Å². The zero-order valence-corrected chi connectivity index (χ0v) is 15.4. The Morgan fingerprint density at radius 2 is 1.75 bits per heavy atom. The molecule has 0 aliphatic rings. The van der Waals surface area contributed by atoms with E-state index in [9.17, 15) is 23.3 Å². The highest BCUT2D eigenvalue weighted by atomic mass is 32.2. The molecule has 3 rings (SSSR count). The topological polar surface area (TPSA) is 124 Å². The Kier molecular flexibility index (Phi) is 5.62. The summed E-state index contributed by atoms with van der Waals surface area (Å²) in [4.78, 5) is 26.3. The molecule has 10 heteroatoms. The third-order valence-corrected chi connectivity index (χ3v) is 5.45. The van der Waals surface area contributed by atoms with Crippen LogP contribution in [0.25, 0.3) is 11.3 Å². The van der Waals surface area contributed by atoms with E-state index in [0.717, 1.165) is 17.7 Å². The average Bonchev–Trinajstić information content (AvgIpc) is 2.69. The summed E-state index contributed by atoms with van der Waals surface area (Å²) in [6, 6.07) is 15.6. The number of rotatable bonds is 7. The summed E-state index contributed by atoms with van der Waals surface area (Å²) in [6.45, 7) is -0.0958. The van der Waals surface area contributed by atoms with Gasteiger partial charge >= 0.3 is 0 Å². The van der Waals surface area contributed by atoms with Crippen molar-refractivity contribution in [2.75, 3.05) is 6.54 Å². The highest BCUT2D eigenvalue weighted by molar-refractivity contribution is 7.89. The Balaban J connectivity index is 1.72. The van der Waals surface area contributed by atoms with Crippen LogP contribution in [0.15, 0.2) is 76.7 Å². The lowest BCUT2D eigenvalue weighted by Gasteiger charge is -2.09. The molecule has 0 fully saturated rings. The first kappa shape index (κ1) is 19.4. The summed E-state index contributed by atoms with van der Waals surface area (Å²) in [6.07, 6.45) is 1.34. The third-order valence-electron chi connectivity index (χ3n) is 3.95. The molecular weight excluding hydrogens is 384 g/mol. The van der Waals surface area contributed by atoms with Crippen molar-refractivity contribution in [3.63, 3.8) is 0 Å². The molecule has 0 spiro atoms. The van der Waals surface area contributed by atoms with Crippen molar-refractivity contribution in [3.05, 3.63) is 87.5 Å². The van der Waals surface area contributed by atoms with Crippen molar-refractivity contribution in [3.8, 4) is 11.3 Å². The van der Waals surface area contributed by atoms with Gasteiger partial charge in [0.1, 0.15) is 0 Å². The maximum atomic E-state index is 12.4. The maximum Gasteiger partial charge on any atom is 0.289 e. The smallest absolute Gasteiger partial charge is 0.289 e. The van der Waals surface area contributed by atoms with E-state index in [1.165, 1.54) is 29.1 Å². The molecule has 0 aliphatic carbocycles. The molecule has 1 aromatic heterocycles. The highest BCUT2D eigenvalue weighted by Crippen LogP contribution is 2.22. The van der Waals surface area contributed by atoms with E-state index in [0.29, 0.717) is 5.69 Å². The number of nitro benzene ring substituents is 1. The van der Waals surface area contributed by atoms with Crippen LogP contribution in [-0.2, 0) is 16.6 Å². The zero-order valence-electron chi connectivity index (χ0n) is 14.6. The third kappa shape index (κ3) is 4.30. The number of sulfonamides is 1. The summed E-state index contributed by atoms with van der Waals surface area (Å²) in [5.41, 5.74) is 0.464. The second kappa shape index (κ2) is 8.11. The van der Waals surface area contributed by atoms with Crippen LogP contribution in [0.5, 0.6) is 0 Å². The van der Waals surface area contributed by atoms with Gasteiger partial charge in [-0.3, -0.25) is 19.5 Å². The van der Waals surface area contributed by atoms with Gasteiger partial charge in [-0.25, -0.2) is 18.1 Å². The fraction of sp³-hybridized carbons (Fsp3) is 0.111. The summed E-state index contributed by atoms with van der Waals surface area (Å²) in [7, 11) is -4.10. The van der Waals surface area contributed by atoms with Crippen molar-refractivity contribution in [2.24, 2.45) is 0 Å². The largest absolute Gasteiger partial charge is 0.298 e. The van der Waals surface area contributed by atoms with Crippen LogP contribution < -0.4 is 10.3 Å². The Bertz CT molecular complexity index is 1160. The number of hydrogen-bond donors (Lipinski definition) is 1. The first-order valence-corrected chi connectivity index (χ1v) is 9.72. The second-order valence-electron chi connectivity index (χ2n) is 5.79. The number of benzene rings is 2. The quantitative estimate of drug-likeness (QED) is 0.476. The number of nitro groups is 1. The Labute approximate surface area is 160 Å². The van der Waals surface area contributed by atoms with E-state index < -0.39 is 25.5 Å². The minimum Gasteiger partial charge on any atom is -0.298 e. The monoisotopic (exact) mass is 400 g/mol. The van der Waals surface area contributed by atoms with Crippen LogP contribution in [0.3, 0.4) is 0 Å². The van der Waals surface area contributed by atoms with Gasteiger partial charge in [0, 0.05) is 30.8 Å². The summed E-state index contributed by atoms with van der Waals surface area (Å²) in [5.74, 6) is 0. The van der Waals surface area contributed by atoms with E-state index in [2.05, 4.69) is 9.71 Å². The number of nitrogens with one attached hydrogen (secondary N) is 1.